The summed E-state index contributed by atoms with van der Waals surface area (Å²) >= 11 is 0. The van der Waals surface area contributed by atoms with Crippen LogP contribution in [0.1, 0.15) is 25.5 Å². The van der Waals surface area contributed by atoms with Crippen molar-refractivity contribution in [2.24, 2.45) is 5.92 Å². The van der Waals surface area contributed by atoms with Crippen LogP contribution in [0.3, 0.4) is 0 Å². The fourth-order valence-electron chi connectivity index (χ4n) is 2.08. The maximum atomic E-state index is 11.9. The van der Waals surface area contributed by atoms with Gasteiger partial charge in [-0.1, -0.05) is 44.2 Å². The SMILES string of the molecule is CC(C)C(=O)N1CCO[C@@H](c2ccccc2)C1. The highest BCUT2D eigenvalue weighted by atomic mass is 16.5. The molecule has 0 N–H and O–H groups in total. The molecule has 1 heterocycles. The van der Waals surface area contributed by atoms with Gasteiger partial charge in [-0.25, -0.2) is 0 Å². The molecule has 1 saturated heterocycles. The minimum atomic E-state index is 0.0210. The first-order chi connectivity index (χ1) is 8.18. The Morgan fingerprint density at radius 1 is 1.35 bits per heavy atom. The minimum Gasteiger partial charge on any atom is -0.370 e. The van der Waals surface area contributed by atoms with E-state index >= 15 is 0 Å². The van der Waals surface area contributed by atoms with Crippen molar-refractivity contribution in [1.82, 2.24) is 4.90 Å². The van der Waals surface area contributed by atoms with E-state index in [2.05, 4.69) is 0 Å². The van der Waals surface area contributed by atoms with Gasteiger partial charge in [-0.05, 0) is 5.56 Å². The molecule has 17 heavy (non-hydrogen) atoms. The molecule has 0 aliphatic carbocycles. The molecule has 0 aromatic heterocycles. The molecule has 2 rings (SSSR count). The van der Waals surface area contributed by atoms with Crippen molar-refractivity contribution in [2.75, 3.05) is 19.7 Å². The summed E-state index contributed by atoms with van der Waals surface area (Å²) in [7, 11) is 0. The van der Waals surface area contributed by atoms with Gasteiger partial charge in [0.15, 0.2) is 0 Å². The molecule has 1 aliphatic heterocycles. The van der Waals surface area contributed by atoms with Crippen LogP contribution in [-0.2, 0) is 9.53 Å². The third-order valence-corrected chi connectivity index (χ3v) is 3.04. The Balaban J connectivity index is 2.05. The summed E-state index contributed by atoms with van der Waals surface area (Å²) in [6, 6.07) is 10.1. The molecule has 3 heteroatoms. The average Bonchev–Trinajstić information content (AvgIpc) is 2.39. The summed E-state index contributed by atoms with van der Waals surface area (Å²) in [6.45, 7) is 5.88. The summed E-state index contributed by atoms with van der Waals surface area (Å²) in [5, 5.41) is 0. The van der Waals surface area contributed by atoms with Gasteiger partial charge < -0.3 is 9.64 Å². The lowest BCUT2D eigenvalue weighted by Crippen LogP contribution is -2.44. The molecular weight excluding hydrogens is 214 g/mol. The highest BCUT2D eigenvalue weighted by molar-refractivity contribution is 5.78. The quantitative estimate of drug-likeness (QED) is 0.784. The molecule has 1 atom stereocenters. The number of benzene rings is 1. The van der Waals surface area contributed by atoms with Crippen molar-refractivity contribution in [1.29, 1.82) is 0 Å². The Morgan fingerprint density at radius 3 is 2.71 bits per heavy atom. The van der Waals surface area contributed by atoms with E-state index in [-0.39, 0.29) is 17.9 Å². The Bertz CT molecular complexity index is 375. The molecule has 0 radical (unpaired) electrons. The summed E-state index contributed by atoms with van der Waals surface area (Å²) in [5.41, 5.74) is 1.15. The molecule has 1 aromatic rings. The van der Waals surface area contributed by atoms with E-state index in [1.165, 1.54) is 0 Å². The smallest absolute Gasteiger partial charge is 0.225 e. The predicted molar refractivity (Wildman–Crippen MR) is 66.6 cm³/mol. The summed E-state index contributed by atoms with van der Waals surface area (Å²) in [4.78, 5) is 13.9. The monoisotopic (exact) mass is 233 g/mol. The van der Waals surface area contributed by atoms with E-state index in [1.54, 1.807) is 0 Å². The summed E-state index contributed by atoms with van der Waals surface area (Å²) < 4.78 is 5.73. The van der Waals surface area contributed by atoms with Gasteiger partial charge in [-0.2, -0.15) is 0 Å². The molecule has 1 fully saturated rings. The van der Waals surface area contributed by atoms with Gasteiger partial charge in [0.1, 0.15) is 6.10 Å². The van der Waals surface area contributed by atoms with Crippen LogP contribution in [-0.4, -0.2) is 30.5 Å². The van der Waals surface area contributed by atoms with E-state index in [0.717, 1.165) is 5.56 Å². The van der Waals surface area contributed by atoms with E-state index in [9.17, 15) is 4.79 Å². The first-order valence-corrected chi connectivity index (χ1v) is 6.14. The zero-order chi connectivity index (χ0) is 12.3. The van der Waals surface area contributed by atoms with Crippen molar-refractivity contribution in [3.63, 3.8) is 0 Å². The maximum Gasteiger partial charge on any atom is 0.225 e. The largest absolute Gasteiger partial charge is 0.370 e. The molecule has 0 unspecified atom stereocenters. The number of rotatable bonds is 2. The Kier molecular flexibility index (Phi) is 3.79. The van der Waals surface area contributed by atoms with Crippen LogP contribution in [0.25, 0.3) is 0 Å². The molecule has 1 aromatic carbocycles. The maximum absolute atomic E-state index is 11.9. The second kappa shape index (κ2) is 5.32. The van der Waals surface area contributed by atoms with Crippen LogP contribution in [0, 0.1) is 5.92 Å². The van der Waals surface area contributed by atoms with E-state index in [1.807, 2.05) is 49.1 Å². The molecule has 92 valence electrons. The lowest BCUT2D eigenvalue weighted by atomic mass is 10.1. The first kappa shape index (κ1) is 12.1. The number of hydrogen-bond donors (Lipinski definition) is 0. The van der Waals surface area contributed by atoms with Gasteiger partial charge in [-0.15, -0.1) is 0 Å². The van der Waals surface area contributed by atoms with Gasteiger partial charge in [0.25, 0.3) is 0 Å². The Morgan fingerprint density at radius 2 is 2.06 bits per heavy atom. The van der Waals surface area contributed by atoms with Gasteiger partial charge in [0.05, 0.1) is 13.2 Å². The van der Waals surface area contributed by atoms with E-state index < -0.39 is 0 Å². The fraction of sp³-hybridized carbons (Fsp3) is 0.500. The van der Waals surface area contributed by atoms with Crippen molar-refractivity contribution in [3.05, 3.63) is 35.9 Å². The molecule has 3 nitrogen and oxygen atoms in total. The van der Waals surface area contributed by atoms with Gasteiger partial charge in [0, 0.05) is 12.5 Å². The second-order valence-electron chi connectivity index (χ2n) is 4.71. The Hall–Kier alpha value is -1.35. The normalized spacial score (nSPS) is 20.6. The van der Waals surface area contributed by atoms with Crippen molar-refractivity contribution in [3.8, 4) is 0 Å². The average molecular weight is 233 g/mol. The second-order valence-corrected chi connectivity index (χ2v) is 4.71. The first-order valence-electron chi connectivity index (χ1n) is 6.14. The van der Waals surface area contributed by atoms with Crippen LogP contribution in [0.4, 0.5) is 0 Å². The minimum absolute atomic E-state index is 0.0210. The van der Waals surface area contributed by atoms with E-state index in [0.29, 0.717) is 19.7 Å². The molecule has 0 spiro atoms. The lowest BCUT2D eigenvalue weighted by molar-refractivity contribution is -0.142. The molecular formula is C14H19NO2. The standard InChI is InChI=1S/C14H19NO2/c1-11(2)14(16)15-8-9-17-13(10-15)12-6-4-3-5-7-12/h3-7,11,13H,8-10H2,1-2H3/t13-/m1/s1. The van der Waals surface area contributed by atoms with E-state index in [4.69, 9.17) is 4.74 Å². The number of ether oxygens (including phenoxy) is 1. The van der Waals surface area contributed by atoms with Crippen LogP contribution >= 0.6 is 0 Å². The zero-order valence-electron chi connectivity index (χ0n) is 10.4. The molecule has 1 aliphatic rings. The van der Waals surface area contributed by atoms with Crippen molar-refractivity contribution in [2.45, 2.75) is 20.0 Å². The third kappa shape index (κ3) is 2.86. The van der Waals surface area contributed by atoms with Crippen LogP contribution in [0.5, 0.6) is 0 Å². The van der Waals surface area contributed by atoms with Crippen LogP contribution < -0.4 is 0 Å². The fourth-order valence-corrected chi connectivity index (χ4v) is 2.08. The van der Waals surface area contributed by atoms with Gasteiger partial charge in [-0.3, -0.25) is 4.79 Å². The Labute approximate surface area is 102 Å². The number of morpholine rings is 1. The highest BCUT2D eigenvalue weighted by Gasteiger charge is 2.26. The van der Waals surface area contributed by atoms with Crippen LogP contribution in [0.2, 0.25) is 0 Å². The number of hydrogen-bond acceptors (Lipinski definition) is 2. The lowest BCUT2D eigenvalue weighted by Gasteiger charge is -2.34. The number of amides is 1. The summed E-state index contributed by atoms with van der Waals surface area (Å²) in [6.07, 6.45) is 0.0210. The van der Waals surface area contributed by atoms with Crippen molar-refractivity contribution < 1.29 is 9.53 Å². The summed E-state index contributed by atoms with van der Waals surface area (Å²) in [5.74, 6) is 0.277. The molecule has 0 bridgehead atoms. The third-order valence-electron chi connectivity index (χ3n) is 3.04. The van der Waals surface area contributed by atoms with Crippen LogP contribution in [0.15, 0.2) is 30.3 Å². The molecule has 1 amide bonds. The highest BCUT2D eigenvalue weighted by Crippen LogP contribution is 2.22. The zero-order valence-corrected chi connectivity index (χ0v) is 10.4. The topological polar surface area (TPSA) is 29.5 Å². The van der Waals surface area contributed by atoms with Gasteiger partial charge >= 0.3 is 0 Å². The number of carbonyl (C=O) groups is 1. The predicted octanol–water partition coefficient (Wildman–Crippen LogP) is 2.24. The number of nitrogens with zero attached hydrogens (tertiary/aromatic N) is 1. The molecule has 0 saturated carbocycles. The van der Waals surface area contributed by atoms with Crippen molar-refractivity contribution >= 4 is 5.91 Å². The number of carbonyl (C=O) groups excluding carboxylic acids is 1. The van der Waals surface area contributed by atoms with Gasteiger partial charge in [0.2, 0.25) is 5.91 Å².